The van der Waals surface area contributed by atoms with Crippen molar-refractivity contribution in [3.63, 3.8) is 0 Å². The summed E-state index contributed by atoms with van der Waals surface area (Å²) in [6.07, 6.45) is 0.0111. The fourth-order valence-electron chi connectivity index (χ4n) is 3.64. The smallest absolute Gasteiger partial charge is 0.317 e. The molecule has 0 aliphatic carbocycles. The Bertz CT molecular complexity index is 676. The lowest BCUT2D eigenvalue weighted by Crippen LogP contribution is -2.55. The molecular formula is C20H30N4O4. The molecule has 8 heteroatoms. The van der Waals surface area contributed by atoms with Crippen molar-refractivity contribution in [2.75, 3.05) is 66.1 Å². The number of carbonyl (C=O) groups is 2. The van der Waals surface area contributed by atoms with Crippen LogP contribution in [0.2, 0.25) is 0 Å². The minimum atomic E-state index is -0.0236. The van der Waals surface area contributed by atoms with Crippen LogP contribution < -0.4 is 10.1 Å². The highest BCUT2D eigenvalue weighted by molar-refractivity contribution is 5.94. The van der Waals surface area contributed by atoms with Crippen molar-refractivity contribution < 1.29 is 19.1 Å². The minimum absolute atomic E-state index is 0.0111. The standard InChI is InChI=1S/C20H30N4O4/c1-3-21-20(26)24-11-12-28-18(15-24)14-22-7-9-23(10-8-22)19(25)16-5-4-6-17(13-16)27-2/h4-6,13,18H,3,7-12,14-15H2,1-2H3,(H,21,26)/t18-/m1/s1. The van der Waals surface area contributed by atoms with Crippen LogP contribution in [0.5, 0.6) is 5.75 Å². The number of amides is 3. The van der Waals surface area contributed by atoms with Crippen LogP contribution in [0, 0.1) is 0 Å². The Morgan fingerprint density at radius 1 is 1.18 bits per heavy atom. The first-order valence-electron chi connectivity index (χ1n) is 9.90. The van der Waals surface area contributed by atoms with Crippen LogP contribution in [-0.4, -0.2) is 98.8 Å². The zero-order chi connectivity index (χ0) is 19.9. The largest absolute Gasteiger partial charge is 0.497 e. The maximum absolute atomic E-state index is 12.7. The lowest BCUT2D eigenvalue weighted by atomic mass is 10.1. The highest BCUT2D eigenvalue weighted by Crippen LogP contribution is 2.16. The highest BCUT2D eigenvalue weighted by Gasteiger charge is 2.28. The van der Waals surface area contributed by atoms with Gasteiger partial charge in [-0.25, -0.2) is 4.79 Å². The van der Waals surface area contributed by atoms with E-state index in [1.54, 1.807) is 13.2 Å². The van der Waals surface area contributed by atoms with Gasteiger partial charge in [-0.1, -0.05) is 6.07 Å². The first-order chi connectivity index (χ1) is 13.6. The summed E-state index contributed by atoms with van der Waals surface area (Å²) in [5, 5.41) is 2.85. The van der Waals surface area contributed by atoms with Gasteiger partial charge in [-0.2, -0.15) is 0 Å². The van der Waals surface area contributed by atoms with Gasteiger partial charge in [0.2, 0.25) is 0 Å². The van der Waals surface area contributed by atoms with Gasteiger partial charge in [0.05, 0.1) is 19.8 Å². The van der Waals surface area contributed by atoms with Gasteiger partial charge in [0, 0.05) is 57.9 Å². The highest BCUT2D eigenvalue weighted by atomic mass is 16.5. The van der Waals surface area contributed by atoms with Crippen LogP contribution in [0.1, 0.15) is 17.3 Å². The van der Waals surface area contributed by atoms with Crippen LogP contribution in [0.15, 0.2) is 24.3 Å². The van der Waals surface area contributed by atoms with E-state index in [0.717, 1.165) is 19.6 Å². The molecule has 2 fully saturated rings. The van der Waals surface area contributed by atoms with Gasteiger partial charge in [0.1, 0.15) is 5.75 Å². The molecule has 2 heterocycles. The molecule has 28 heavy (non-hydrogen) atoms. The van der Waals surface area contributed by atoms with Gasteiger partial charge in [0.25, 0.3) is 5.91 Å². The van der Waals surface area contributed by atoms with E-state index in [9.17, 15) is 9.59 Å². The van der Waals surface area contributed by atoms with E-state index in [4.69, 9.17) is 9.47 Å². The normalized spacial score (nSPS) is 20.7. The number of carbonyl (C=O) groups excluding carboxylic acids is 2. The van der Waals surface area contributed by atoms with E-state index < -0.39 is 0 Å². The maximum Gasteiger partial charge on any atom is 0.317 e. The van der Waals surface area contributed by atoms with Crippen LogP contribution in [0.3, 0.4) is 0 Å². The predicted molar refractivity (Wildman–Crippen MR) is 106 cm³/mol. The number of piperazine rings is 1. The molecule has 3 rings (SSSR count). The van der Waals surface area contributed by atoms with Crippen LogP contribution in [0.4, 0.5) is 4.79 Å². The average molecular weight is 390 g/mol. The second kappa shape index (κ2) is 9.75. The van der Waals surface area contributed by atoms with E-state index in [1.807, 2.05) is 34.9 Å². The van der Waals surface area contributed by atoms with Crippen LogP contribution in [-0.2, 0) is 4.74 Å². The monoisotopic (exact) mass is 390 g/mol. The molecule has 0 radical (unpaired) electrons. The van der Waals surface area contributed by atoms with Crippen LogP contribution >= 0.6 is 0 Å². The first kappa shape index (κ1) is 20.4. The number of ether oxygens (including phenoxy) is 2. The van der Waals surface area contributed by atoms with Crippen molar-refractivity contribution in [1.82, 2.24) is 20.0 Å². The third kappa shape index (κ3) is 5.14. The van der Waals surface area contributed by atoms with Crippen molar-refractivity contribution in [2.24, 2.45) is 0 Å². The Morgan fingerprint density at radius 3 is 2.68 bits per heavy atom. The Labute approximate surface area is 166 Å². The van der Waals surface area contributed by atoms with E-state index >= 15 is 0 Å². The van der Waals surface area contributed by atoms with Crippen molar-refractivity contribution in [3.8, 4) is 5.75 Å². The lowest BCUT2D eigenvalue weighted by Gasteiger charge is -2.39. The Kier molecular flexibility index (Phi) is 7.11. The lowest BCUT2D eigenvalue weighted by molar-refractivity contribution is -0.0352. The molecule has 1 atom stereocenters. The summed E-state index contributed by atoms with van der Waals surface area (Å²) < 4.78 is 11.1. The number of nitrogens with one attached hydrogen (secondary N) is 1. The van der Waals surface area contributed by atoms with Crippen molar-refractivity contribution in [2.45, 2.75) is 13.0 Å². The van der Waals surface area contributed by atoms with Gasteiger partial charge >= 0.3 is 6.03 Å². The van der Waals surface area contributed by atoms with Crippen LogP contribution in [0.25, 0.3) is 0 Å². The second-order valence-electron chi connectivity index (χ2n) is 7.10. The van der Waals surface area contributed by atoms with Crippen molar-refractivity contribution in [1.29, 1.82) is 0 Å². The SMILES string of the molecule is CCNC(=O)N1CCO[C@H](CN2CCN(C(=O)c3cccc(OC)c3)CC2)C1. The predicted octanol–water partition coefficient (Wildman–Crippen LogP) is 0.883. The van der Waals surface area contributed by atoms with Gasteiger partial charge in [0.15, 0.2) is 0 Å². The van der Waals surface area contributed by atoms with E-state index in [0.29, 0.717) is 50.6 Å². The van der Waals surface area contributed by atoms with Gasteiger partial charge < -0.3 is 24.6 Å². The third-order valence-corrected chi connectivity index (χ3v) is 5.19. The maximum atomic E-state index is 12.7. The number of nitrogens with zero attached hydrogens (tertiary/aromatic N) is 3. The van der Waals surface area contributed by atoms with Gasteiger partial charge in [-0.05, 0) is 25.1 Å². The van der Waals surface area contributed by atoms with E-state index in [2.05, 4.69) is 10.2 Å². The summed E-state index contributed by atoms with van der Waals surface area (Å²) in [4.78, 5) is 30.8. The molecule has 3 amide bonds. The molecule has 154 valence electrons. The summed E-state index contributed by atoms with van der Waals surface area (Å²) in [6, 6.07) is 7.25. The molecule has 0 spiro atoms. The quantitative estimate of drug-likeness (QED) is 0.808. The number of methoxy groups -OCH3 is 1. The Balaban J connectivity index is 1.47. The Hall–Kier alpha value is -2.32. The average Bonchev–Trinajstić information content (AvgIpc) is 2.74. The van der Waals surface area contributed by atoms with Crippen molar-refractivity contribution >= 4 is 11.9 Å². The summed E-state index contributed by atoms with van der Waals surface area (Å²) in [7, 11) is 1.60. The number of urea groups is 1. The summed E-state index contributed by atoms with van der Waals surface area (Å²) in [5.74, 6) is 0.727. The number of rotatable bonds is 5. The fourth-order valence-corrected chi connectivity index (χ4v) is 3.64. The molecule has 2 aliphatic rings. The van der Waals surface area contributed by atoms with Gasteiger partial charge in [-0.15, -0.1) is 0 Å². The molecule has 0 saturated carbocycles. The summed E-state index contributed by atoms with van der Waals surface area (Å²) >= 11 is 0. The number of morpholine rings is 1. The molecule has 1 aromatic carbocycles. The first-order valence-corrected chi connectivity index (χ1v) is 9.90. The fraction of sp³-hybridized carbons (Fsp3) is 0.600. The zero-order valence-electron chi connectivity index (χ0n) is 16.7. The molecule has 1 N–H and O–H groups in total. The minimum Gasteiger partial charge on any atom is -0.497 e. The molecular weight excluding hydrogens is 360 g/mol. The molecule has 0 bridgehead atoms. The zero-order valence-corrected chi connectivity index (χ0v) is 16.7. The van der Waals surface area contributed by atoms with Gasteiger partial charge in [-0.3, -0.25) is 9.69 Å². The van der Waals surface area contributed by atoms with E-state index in [1.165, 1.54) is 0 Å². The number of hydrogen-bond acceptors (Lipinski definition) is 5. The number of hydrogen-bond donors (Lipinski definition) is 1. The molecule has 0 aromatic heterocycles. The molecule has 2 saturated heterocycles. The molecule has 1 aromatic rings. The molecule has 2 aliphatic heterocycles. The topological polar surface area (TPSA) is 74.4 Å². The Morgan fingerprint density at radius 2 is 1.96 bits per heavy atom. The number of benzene rings is 1. The third-order valence-electron chi connectivity index (χ3n) is 5.19. The summed E-state index contributed by atoms with van der Waals surface area (Å²) in [6.45, 7) is 8.10. The second-order valence-corrected chi connectivity index (χ2v) is 7.10. The van der Waals surface area contributed by atoms with Crippen molar-refractivity contribution in [3.05, 3.63) is 29.8 Å². The molecule has 0 unspecified atom stereocenters. The summed E-state index contributed by atoms with van der Waals surface area (Å²) in [5.41, 5.74) is 0.654. The van der Waals surface area contributed by atoms with E-state index in [-0.39, 0.29) is 18.0 Å². The molecule has 8 nitrogen and oxygen atoms in total.